The van der Waals surface area contributed by atoms with Crippen molar-refractivity contribution in [1.82, 2.24) is 4.90 Å². The van der Waals surface area contributed by atoms with E-state index >= 15 is 0 Å². The van der Waals surface area contributed by atoms with Gasteiger partial charge in [0.05, 0.1) is 6.61 Å². The number of piperidine rings is 1. The van der Waals surface area contributed by atoms with Crippen molar-refractivity contribution >= 4 is 0 Å². The Kier molecular flexibility index (Phi) is 3.79. The first-order chi connectivity index (χ1) is 6.92. The van der Waals surface area contributed by atoms with E-state index in [4.69, 9.17) is 5.90 Å². The number of fused-ring (bicyclic) bond motifs is 1. The van der Waals surface area contributed by atoms with E-state index in [1.54, 1.807) is 0 Å². The number of nitrogens with two attached hydrogens (primary N) is 1. The van der Waals surface area contributed by atoms with E-state index in [1.807, 2.05) is 0 Å². The third-order valence-corrected chi connectivity index (χ3v) is 3.85. The number of hydrogen-bond acceptors (Lipinski definition) is 3. The number of nitrogens with zero attached hydrogens (tertiary/aromatic N) is 1. The summed E-state index contributed by atoms with van der Waals surface area (Å²) in [6.07, 6.45) is 8.53. The van der Waals surface area contributed by atoms with Gasteiger partial charge in [0.1, 0.15) is 0 Å². The van der Waals surface area contributed by atoms with Crippen molar-refractivity contribution in [2.45, 2.75) is 44.6 Å². The second kappa shape index (κ2) is 5.10. The Labute approximate surface area is 86.5 Å². The van der Waals surface area contributed by atoms with Gasteiger partial charge in [-0.2, -0.15) is 0 Å². The van der Waals surface area contributed by atoms with Crippen molar-refractivity contribution in [1.29, 1.82) is 0 Å². The number of hydrogen-bond donors (Lipinski definition) is 1. The fraction of sp³-hybridized carbons (Fsp3) is 1.00. The minimum Gasteiger partial charge on any atom is -0.303 e. The Morgan fingerprint density at radius 2 is 1.93 bits per heavy atom. The quantitative estimate of drug-likeness (QED) is 0.699. The summed E-state index contributed by atoms with van der Waals surface area (Å²) in [6, 6.07) is 0.840. The molecule has 2 rings (SSSR count). The smallest absolute Gasteiger partial charge is 0.0806 e. The highest BCUT2D eigenvalue weighted by atomic mass is 16.6. The first kappa shape index (κ1) is 10.4. The second-order valence-electron chi connectivity index (χ2n) is 4.66. The molecule has 2 N–H and O–H groups in total. The van der Waals surface area contributed by atoms with Gasteiger partial charge in [-0.25, -0.2) is 5.90 Å². The van der Waals surface area contributed by atoms with Crippen LogP contribution >= 0.6 is 0 Å². The lowest BCUT2D eigenvalue weighted by Crippen LogP contribution is -2.48. The summed E-state index contributed by atoms with van der Waals surface area (Å²) in [6.45, 7) is 2.96. The molecule has 1 aliphatic heterocycles. The Bertz CT molecular complexity index is 173. The normalized spacial score (nSPS) is 34.1. The van der Waals surface area contributed by atoms with Crippen LogP contribution < -0.4 is 5.90 Å². The fourth-order valence-corrected chi connectivity index (χ4v) is 3.18. The van der Waals surface area contributed by atoms with Crippen molar-refractivity contribution in [2.24, 2.45) is 11.8 Å². The van der Waals surface area contributed by atoms with E-state index in [0.29, 0.717) is 6.61 Å². The van der Waals surface area contributed by atoms with Gasteiger partial charge in [0.15, 0.2) is 0 Å². The minimum absolute atomic E-state index is 0.684. The van der Waals surface area contributed by atoms with E-state index in [9.17, 15) is 0 Å². The zero-order chi connectivity index (χ0) is 9.80. The molecule has 0 aromatic heterocycles. The molecule has 2 unspecified atom stereocenters. The highest BCUT2D eigenvalue weighted by molar-refractivity contribution is 4.87. The maximum Gasteiger partial charge on any atom is 0.0806 e. The first-order valence-electron chi connectivity index (χ1n) is 5.97. The molecule has 0 aromatic carbocycles. The maximum absolute atomic E-state index is 5.09. The molecular formula is C11H22N2O. The lowest BCUT2D eigenvalue weighted by molar-refractivity contribution is 0.0289. The summed E-state index contributed by atoms with van der Waals surface area (Å²) in [4.78, 5) is 7.28. The van der Waals surface area contributed by atoms with Crippen molar-refractivity contribution in [2.75, 3.05) is 19.7 Å². The molecule has 0 spiro atoms. The summed E-state index contributed by atoms with van der Waals surface area (Å²) in [5.41, 5.74) is 0. The average molecular weight is 198 g/mol. The lowest BCUT2D eigenvalue weighted by Gasteiger charge is -2.44. The first-order valence-corrected chi connectivity index (χ1v) is 5.97. The highest BCUT2D eigenvalue weighted by Crippen LogP contribution is 2.34. The molecule has 82 valence electrons. The standard InChI is InChI=1S/C11H22N2O/c12-14-9-8-13-7-3-5-10-4-1-2-6-11(10)13/h10-11H,1-9,12H2. The zero-order valence-corrected chi connectivity index (χ0v) is 8.95. The van der Waals surface area contributed by atoms with Gasteiger partial charge in [-0.3, -0.25) is 4.90 Å². The number of likely N-dealkylation sites (tertiary alicyclic amines) is 1. The molecule has 2 aliphatic rings. The molecule has 3 nitrogen and oxygen atoms in total. The Morgan fingerprint density at radius 1 is 1.14 bits per heavy atom. The van der Waals surface area contributed by atoms with Gasteiger partial charge >= 0.3 is 0 Å². The predicted octanol–water partition coefficient (Wildman–Crippen LogP) is 1.53. The van der Waals surface area contributed by atoms with Crippen LogP contribution in [0.1, 0.15) is 38.5 Å². The lowest BCUT2D eigenvalue weighted by atomic mass is 9.78. The SMILES string of the molecule is NOCCN1CCCC2CCCCC21. The van der Waals surface area contributed by atoms with Gasteiger partial charge in [0.25, 0.3) is 0 Å². The molecule has 3 heteroatoms. The molecular weight excluding hydrogens is 176 g/mol. The van der Waals surface area contributed by atoms with E-state index in [1.165, 1.54) is 45.1 Å². The zero-order valence-electron chi connectivity index (χ0n) is 8.95. The van der Waals surface area contributed by atoms with Crippen LogP contribution in [-0.4, -0.2) is 30.6 Å². The molecule has 14 heavy (non-hydrogen) atoms. The summed E-state index contributed by atoms with van der Waals surface area (Å²) in [7, 11) is 0. The average Bonchev–Trinajstić information content (AvgIpc) is 2.26. The molecule has 0 amide bonds. The minimum atomic E-state index is 0.684. The van der Waals surface area contributed by atoms with E-state index < -0.39 is 0 Å². The monoisotopic (exact) mass is 198 g/mol. The molecule has 2 fully saturated rings. The van der Waals surface area contributed by atoms with E-state index in [-0.39, 0.29) is 0 Å². The van der Waals surface area contributed by atoms with Crippen molar-refractivity contribution < 1.29 is 4.84 Å². The summed E-state index contributed by atoms with van der Waals surface area (Å²) in [5, 5.41) is 0. The fourth-order valence-electron chi connectivity index (χ4n) is 3.18. The van der Waals surface area contributed by atoms with E-state index in [0.717, 1.165) is 18.5 Å². The topological polar surface area (TPSA) is 38.5 Å². The van der Waals surface area contributed by atoms with Crippen LogP contribution in [0.15, 0.2) is 0 Å². The van der Waals surface area contributed by atoms with Gasteiger partial charge in [0.2, 0.25) is 0 Å². The Morgan fingerprint density at radius 3 is 2.79 bits per heavy atom. The van der Waals surface area contributed by atoms with Crippen LogP contribution in [-0.2, 0) is 4.84 Å². The van der Waals surface area contributed by atoms with Crippen LogP contribution in [0.3, 0.4) is 0 Å². The van der Waals surface area contributed by atoms with Crippen LogP contribution in [0.4, 0.5) is 0 Å². The Hall–Kier alpha value is -0.120. The second-order valence-corrected chi connectivity index (χ2v) is 4.66. The molecule has 1 saturated carbocycles. The van der Waals surface area contributed by atoms with Crippen molar-refractivity contribution in [3.63, 3.8) is 0 Å². The third-order valence-electron chi connectivity index (χ3n) is 3.85. The number of rotatable bonds is 3. The molecule has 1 aliphatic carbocycles. The maximum atomic E-state index is 5.09. The van der Waals surface area contributed by atoms with Gasteiger partial charge in [-0.1, -0.05) is 12.8 Å². The van der Waals surface area contributed by atoms with Crippen LogP contribution in [0.25, 0.3) is 0 Å². The molecule has 1 saturated heterocycles. The highest BCUT2D eigenvalue weighted by Gasteiger charge is 2.32. The third kappa shape index (κ3) is 2.27. The van der Waals surface area contributed by atoms with Gasteiger partial charge in [-0.05, 0) is 38.1 Å². The van der Waals surface area contributed by atoms with E-state index in [2.05, 4.69) is 9.74 Å². The molecule has 1 heterocycles. The van der Waals surface area contributed by atoms with Crippen LogP contribution in [0.5, 0.6) is 0 Å². The molecule has 0 aromatic rings. The summed E-state index contributed by atoms with van der Waals surface area (Å²) >= 11 is 0. The van der Waals surface area contributed by atoms with Crippen LogP contribution in [0.2, 0.25) is 0 Å². The van der Waals surface area contributed by atoms with Crippen LogP contribution in [0, 0.1) is 5.92 Å². The van der Waals surface area contributed by atoms with Gasteiger partial charge in [-0.15, -0.1) is 0 Å². The predicted molar refractivity (Wildman–Crippen MR) is 56.7 cm³/mol. The largest absolute Gasteiger partial charge is 0.303 e. The van der Waals surface area contributed by atoms with Gasteiger partial charge in [0, 0.05) is 12.6 Å². The molecule has 0 bridgehead atoms. The van der Waals surface area contributed by atoms with Crippen molar-refractivity contribution in [3.8, 4) is 0 Å². The van der Waals surface area contributed by atoms with Crippen molar-refractivity contribution in [3.05, 3.63) is 0 Å². The molecule has 0 radical (unpaired) electrons. The molecule has 2 atom stereocenters. The Balaban J connectivity index is 1.88. The van der Waals surface area contributed by atoms with Gasteiger partial charge < -0.3 is 4.84 Å². The summed E-state index contributed by atoms with van der Waals surface area (Å²) in [5.74, 6) is 6.05. The summed E-state index contributed by atoms with van der Waals surface area (Å²) < 4.78 is 0.